The SMILES string of the molecule is O/N=C\CC12CC3CC(CC(C3)C1)C2. The Hall–Kier alpha value is -0.530. The Kier molecular flexibility index (Phi) is 1.86. The topological polar surface area (TPSA) is 32.6 Å². The lowest BCUT2D eigenvalue weighted by molar-refractivity contribution is -0.0478. The van der Waals surface area contributed by atoms with Crippen LogP contribution in [0.1, 0.15) is 44.9 Å². The second-order valence-corrected chi connectivity index (χ2v) is 5.92. The van der Waals surface area contributed by atoms with Gasteiger partial charge in [0.25, 0.3) is 0 Å². The molecular weight excluding hydrogens is 174 g/mol. The quantitative estimate of drug-likeness (QED) is 0.408. The fourth-order valence-corrected chi connectivity index (χ4v) is 4.77. The van der Waals surface area contributed by atoms with Gasteiger partial charge < -0.3 is 5.21 Å². The third-order valence-electron chi connectivity index (χ3n) is 4.77. The van der Waals surface area contributed by atoms with Gasteiger partial charge in [0.2, 0.25) is 0 Å². The van der Waals surface area contributed by atoms with E-state index in [1.807, 2.05) is 0 Å². The Morgan fingerprint density at radius 2 is 1.57 bits per heavy atom. The first-order chi connectivity index (χ1) is 6.80. The van der Waals surface area contributed by atoms with Crippen molar-refractivity contribution in [1.82, 2.24) is 0 Å². The van der Waals surface area contributed by atoms with E-state index in [0.29, 0.717) is 5.41 Å². The second kappa shape index (κ2) is 2.98. The van der Waals surface area contributed by atoms with Crippen LogP contribution in [0, 0.1) is 23.2 Å². The molecule has 0 radical (unpaired) electrons. The van der Waals surface area contributed by atoms with Gasteiger partial charge in [-0.3, -0.25) is 0 Å². The van der Waals surface area contributed by atoms with Crippen molar-refractivity contribution in [1.29, 1.82) is 0 Å². The summed E-state index contributed by atoms with van der Waals surface area (Å²) in [6, 6.07) is 0. The van der Waals surface area contributed by atoms with Crippen molar-refractivity contribution in [2.45, 2.75) is 44.9 Å². The highest BCUT2D eigenvalue weighted by atomic mass is 16.4. The lowest BCUT2D eigenvalue weighted by atomic mass is 9.49. The van der Waals surface area contributed by atoms with Crippen LogP contribution < -0.4 is 0 Å². The van der Waals surface area contributed by atoms with Gasteiger partial charge in [0.1, 0.15) is 0 Å². The first-order valence-electron chi connectivity index (χ1n) is 5.95. The minimum atomic E-state index is 0.543. The maximum absolute atomic E-state index is 8.54. The smallest absolute Gasteiger partial charge is 0.0441 e. The van der Waals surface area contributed by atoms with Crippen molar-refractivity contribution in [3.63, 3.8) is 0 Å². The molecule has 4 rings (SSSR count). The monoisotopic (exact) mass is 193 g/mol. The minimum absolute atomic E-state index is 0.543. The molecule has 4 saturated carbocycles. The van der Waals surface area contributed by atoms with Crippen LogP contribution in [0.15, 0.2) is 5.16 Å². The van der Waals surface area contributed by atoms with Gasteiger partial charge >= 0.3 is 0 Å². The molecule has 0 saturated heterocycles. The first kappa shape index (κ1) is 8.75. The molecule has 0 unspecified atom stereocenters. The summed E-state index contributed by atoms with van der Waals surface area (Å²) in [7, 11) is 0. The molecule has 4 aliphatic rings. The predicted octanol–water partition coefficient (Wildman–Crippen LogP) is 3.05. The van der Waals surface area contributed by atoms with Gasteiger partial charge in [-0.1, -0.05) is 0 Å². The molecule has 2 nitrogen and oxygen atoms in total. The zero-order valence-electron chi connectivity index (χ0n) is 8.65. The molecular formula is C12H19NO. The fraction of sp³-hybridized carbons (Fsp3) is 0.917. The Balaban J connectivity index is 1.80. The number of rotatable bonds is 2. The number of hydrogen-bond donors (Lipinski definition) is 1. The molecule has 0 atom stereocenters. The van der Waals surface area contributed by atoms with Gasteiger partial charge in [-0.05, 0) is 68.1 Å². The molecule has 14 heavy (non-hydrogen) atoms. The van der Waals surface area contributed by atoms with Gasteiger partial charge in [-0.2, -0.15) is 0 Å². The van der Waals surface area contributed by atoms with Crippen molar-refractivity contribution < 1.29 is 5.21 Å². The molecule has 4 bridgehead atoms. The van der Waals surface area contributed by atoms with Crippen LogP contribution in [0.5, 0.6) is 0 Å². The molecule has 0 aromatic heterocycles. The van der Waals surface area contributed by atoms with Crippen LogP contribution in [-0.2, 0) is 0 Å². The van der Waals surface area contributed by atoms with E-state index in [1.54, 1.807) is 6.21 Å². The summed E-state index contributed by atoms with van der Waals surface area (Å²) in [5, 5.41) is 11.7. The molecule has 0 aromatic rings. The zero-order chi connectivity index (χ0) is 9.60. The van der Waals surface area contributed by atoms with Gasteiger partial charge in [0, 0.05) is 6.21 Å². The Bertz CT molecular complexity index is 224. The molecule has 0 spiro atoms. The summed E-state index contributed by atoms with van der Waals surface area (Å²) in [6.07, 6.45) is 11.5. The van der Waals surface area contributed by atoms with Crippen molar-refractivity contribution in [3.8, 4) is 0 Å². The van der Waals surface area contributed by atoms with Gasteiger partial charge in [-0.25, -0.2) is 0 Å². The standard InChI is InChI=1S/C12H19NO/c14-13-2-1-12-6-9-3-10(7-12)5-11(4-9)8-12/h2,9-11,14H,1,3-8H2/b13-2-. The highest BCUT2D eigenvalue weighted by Crippen LogP contribution is 2.61. The molecule has 4 fully saturated rings. The van der Waals surface area contributed by atoms with Crippen molar-refractivity contribution in [2.75, 3.05) is 0 Å². The first-order valence-corrected chi connectivity index (χ1v) is 5.95. The second-order valence-electron chi connectivity index (χ2n) is 5.92. The largest absolute Gasteiger partial charge is 0.411 e. The zero-order valence-corrected chi connectivity index (χ0v) is 8.65. The lowest BCUT2D eigenvalue weighted by Crippen LogP contribution is -2.46. The molecule has 0 aromatic carbocycles. The number of nitrogens with zero attached hydrogens (tertiary/aromatic N) is 1. The highest BCUT2D eigenvalue weighted by Gasteiger charge is 2.50. The predicted molar refractivity (Wildman–Crippen MR) is 55.5 cm³/mol. The lowest BCUT2D eigenvalue weighted by Gasteiger charge is -2.56. The molecule has 0 aliphatic heterocycles. The van der Waals surface area contributed by atoms with Crippen LogP contribution in [0.25, 0.3) is 0 Å². The number of oxime groups is 1. The average molecular weight is 193 g/mol. The molecule has 4 aliphatic carbocycles. The van der Waals surface area contributed by atoms with E-state index >= 15 is 0 Å². The number of hydrogen-bond acceptors (Lipinski definition) is 2. The summed E-state index contributed by atoms with van der Waals surface area (Å²) in [6.45, 7) is 0. The summed E-state index contributed by atoms with van der Waals surface area (Å²) in [5.74, 6) is 3.02. The Morgan fingerprint density at radius 1 is 1.07 bits per heavy atom. The van der Waals surface area contributed by atoms with Crippen molar-refractivity contribution in [3.05, 3.63) is 0 Å². The van der Waals surface area contributed by atoms with E-state index in [-0.39, 0.29) is 0 Å². The molecule has 0 heterocycles. The fourth-order valence-electron chi connectivity index (χ4n) is 4.77. The maximum Gasteiger partial charge on any atom is 0.0441 e. The molecule has 1 N–H and O–H groups in total. The third kappa shape index (κ3) is 1.27. The average Bonchev–Trinajstić information content (AvgIpc) is 2.12. The minimum Gasteiger partial charge on any atom is -0.411 e. The van der Waals surface area contributed by atoms with Crippen LogP contribution in [0.3, 0.4) is 0 Å². The van der Waals surface area contributed by atoms with Gasteiger partial charge in [-0.15, -0.1) is 5.16 Å². The highest BCUT2D eigenvalue weighted by molar-refractivity contribution is 5.57. The van der Waals surface area contributed by atoms with Crippen molar-refractivity contribution in [2.24, 2.45) is 28.3 Å². The summed E-state index contributed by atoms with van der Waals surface area (Å²) >= 11 is 0. The molecule has 0 amide bonds. The van der Waals surface area contributed by atoms with E-state index < -0.39 is 0 Å². The van der Waals surface area contributed by atoms with Gasteiger partial charge in [0.15, 0.2) is 0 Å². The van der Waals surface area contributed by atoms with Crippen LogP contribution >= 0.6 is 0 Å². The van der Waals surface area contributed by atoms with Crippen molar-refractivity contribution >= 4 is 6.21 Å². The summed E-state index contributed by atoms with van der Waals surface area (Å²) in [5.41, 5.74) is 0.543. The molecule has 78 valence electrons. The van der Waals surface area contributed by atoms with Gasteiger partial charge in [0.05, 0.1) is 0 Å². The van der Waals surface area contributed by atoms with E-state index in [1.165, 1.54) is 38.5 Å². The third-order valence-corrected chi connectivity index (χ3v) is 4.77. The normalized spacial score (nSPS) is 50.4. The molecule has 2 heteroatoms. The van der Waals surface area contributed by atoms with Crippen LogP contribution in [-0.4, -0.2) is 11.4 Å². The van der Waals surface area contributed by atoms with Crippen LogP contribution in [0.4, 0.5) is 0 Å². The van der Waals surface area contributed by atoms with Crippen LogP contribution in [0.2, 0.25) is 0 Å². The van der Waals surface area contributed by atoms with E-state index in [2.05, 4.69) is 5.16 Å². The van der Waals surface area contributed by atoms with E-state index in [0.717, 1.165) is 24.2 Å². The van der Waals surface area contributed by atoms with E-state index in [9.17, 15) is 0 Å². The van der Waals surface area contributed by atoms with E-state index in [4.69, 9.17) is 5.21 Å². The maximum atomic E-state index is 8.54. The summed E-state index contributed by atoms with van der Waals surface area (Å²) in [4.78, 5) is 0. The Morgan fingerprint density at radius 3 is 2.00 bits per heavy atom. The Labute approximate surface area is 85.4 Å². The summed E-state index contributed by atoms with van der Waals surface area (Å²) < 4.78 is 0.